The van der Waals surface area contributed by atoms with Crippen molar-refractivity contribution in [1.82, 2.24) is 0 Å². The first-order chi connectivity index (χ1) is 7.06. The predicted octanol–water partition coefficient (Wildman–Crippen LogP) is 3.37. The Morgan fingerprint density at radius 1 is 1.40 bits per heavy atom. The van der Waals surface area contributed by atoms with E-state index in [9.17, 15) is 14.3 Å². The van der Waals surface area contributed by atoms with Crippen LogP contribution in [0.25, 0.3) is 0 Å². The maximum atomic E-state index is 12.8. The van der Waals surface area contributed by atoms with E-state index in [1.165, 1.54) is 6.07 Å². The molecule has 1 aromatic carbocycles. The minimum atomic E-state index is -0.507. The third-order valence-electron chi connectivity index (χ3n) is 1.67. The molecule has 0 bridgehead atoms. The first kappa shape index (κ1) is 14.0. The third kappa shape index (κ3) is 3.55. The molecular formula is C11H15FO2S. The van der Waals surface area contributed by atoms with Crippen molar-refractivity contribution >= 4 is 16.9 Å². The van der Waals surface area contributed by atoms with Gasteiger partial charge in [0, 0.05) is 0 Å². The summed E-state index contributed by atoms with van der Waals surface area (Å²) in [4.78, 5) is 11.2. The number of aromatic hydroxyl groups is 1. The largest absolute Gasteiger partial charge is 0.507 e. The Morgan fingerprint density at radius 3 is 2.40 bits per heavy atom. The van der Waals surface area contributed by atoms with Gasteiger partial charge in [0.05, 0.1) is 5.56 Å². The number of benzene rings is 1. The summed E-state index contributed by atoms with van der Waals surface area (Å²) in [5.74, 6) is -0.645. The lowest BCUT2D eigenvalue weighted by Gasteiger charge is -2.04. The fourth-order valence-electron chi connectivity index (χ4n) is 1.00. The van der Waals surface area contributed by atoms with Gasteiger partial charge in [-0.3, -0.25) is 4.79 Å². The Hall–Kier alpha value is -1.03. The van der Waals surface area contributed by atoms with Crippen LogP contribution in [-0.2, 0) is 0 Å². The van der Waals surface area contributed by atoms with Crippen LogP contribution in [-0.4, -0.2) is 16.5 Å². The van der Waals surface area contributed by atoms with Crippen LogP contribution in [0.5, 0.6) is 5.75 Å². The van der Waals surface area contributed by atoms with Crippen molar-refractivity contribution in [2.75, 3.05) is 6.26 Å². The normalized spacial score (nSPS) is 9.13. The molecular weight excluding hydrogens is 215 g/mol. The van der Waals surface area contributed by atoms with Crippen molar-refractivity contribution in [2.45, 2.75) is 20.8 Å². The molecule has 0 aliphatic rings. The van der Waals surface area contributed by atoms with E-state index < -0.39 is 5.82 Å². The molecule has 4 heteroatoms. The van der Waals surface area contributed by atoms with E-state index in [2.05, 4.69) is 0 Å². The summed E-state index contributed by atoms with van der Waals surface area (Å²) in [7, 11) is 0. The number of halogens is 1. The quantitative estimate of drug-likeness (QED) is 0.803. The van der Waals surface area contributed by atoms with Crippen molar-refractivity contribution < 1.29 is 14.3 Å². The number of phenols is 1. The molecule has 0 amide bonds. The Balaban J connectivity index is 0.000000921. The van der Waals surface area contributed by atoms with Crippen molar-refractivity contribution in [3.63, 3.8) is 0 Å². The Morgan fingerprint density at radius 2 is 1.93 bits per heavy atom. The second-order valence-corrected chi connectivity index (χ2v) is 3.39. The summed E-state index contributed by atoms with van der Waals surface area (Å²) in [5, 5.41) is 9.09. The van der Waals surface area contributed by atoms with Crippen LogP contribution < -0.4 is 0 Å². The Bertz CT molecular complexity index is 351. The summed E-state index contributed by atoms with van der Waals surface area (Å²) in [5.41, 5.74) is 0.405. The number of hydrogen-bond acceptors (Lipinski definition) is 3. The van der Waals surface area contributed by atoms with E-state index in [-0.39, 0.29) is 16.4 Å². The summed E-state index contributed by atoms with van der Waals surface area (Å²) in [6, 6.07) is 2.23. The lowest BCUT2D eigenvalue weighted by atomic mass is 10.1. The summed E-state index contributed by atoms with van der Waals surface area (Å²) < 4.78 is 12.8. The molecule has 1 rings (SSSR count). The van der Waals surface area contributed by atoms with Gasteiger partial charge in [-0.15, -0.1) is 0 Å². The third-order valence-corrected chi connectivity index (χ3v) is 2.26. The zero-order chi connectivity index (χ0) is 12.0. The molecule has 0 aromatic heterocycles. The molecule has 0 radical (unpaired) electrons. The van der Waals surface area contributed by atoms with Crippen molar-refractivity contribution in [1.29, 1.82) is 0 Å². The molecule has 0 spiro atoms. The van der Waals surface area contributed by atoms with Crippen molar-refractivity contribution in [3.05, 3.63) is 29.1 Å². The lowest BCUT2D eigenvalue weighted by Crippen LogP contribution is -1.95. The molecule has 0 saturated carbocycles. The maximum Gasteiger partial charge on any atom is 0.222 e. The number of carbonyl (C=O) groups excluding carboxylic acids is 1. The summed E-state index contributed by atoms with van der Waals surface area (Å²) >= 11 is 0.944. The minimum Gasteiger partial charge on any atom is -0.507 e. The Kier molecular flexibility index (Phi) is 6.01. The highest BCUT2D eigenvalue weighted by molar-refractivity contribution is 8.13. The van der Waals surface area contributed by atoms with Gasteiger partial charge in [0.1, 0.15) is 11.6 Å². The highest BCUT2D eigenvalue weighted by Crippen LogP contribution is 2.26. The maximum absolute atomic E-state index is 12.8. The summed E-state index contributed by atoms with van der Waals surface area (Å²) in [6.07, 6.45) is 1.59. The van der Waals surface area contributed by atoms with E-state index in [1.807, 2.05) is 13.8 Å². The second kappa shape index (κ2) is 6.45. The number of rotatable bonds is 1. The van der Waals surface area contributed by atoms with Crippen LogP contribution in [0.4, 0.5) is 4.39 Å². The molecule has 1 N–H and O–H groups in total. The van der Waals surface area contributed by atoms with Crippen LogP contribution in [0, 0.1) is 12.7 Å². The minimum absolute atomic E-state index is 0.0324. The van der Waals surface area contributed by atoms with Gasteiger partial charge < -0.3 is 5.11 Å². The predicted molar refractivity (Wildman–Crippen MR) is 62.0 cm³/mol. The van der Waals surface area contributed by atoms with Crippen LogP contribution >= 0.6 is 11.8 Å². The monoisotopic (exact) mass is 230 g/mol. The van der Waals surface area contributed by atoms with Gasteiger partial charge in [-0.2, -0.15) is 0 Å². The molecule has 0 saturated heterocycles. The summed E-state index contributed by atoms with van der Waals surface area (Å²) in [6.45, 7) is 5.55. The van der Waals surface area contributed by atoms with E-state index >= 15 is 0 Å². The van der Waals surface area contributed by atoms with Crippen LogP contribution in [0.2, 0.25) is 0 Å². The smallest absolute Gasteiger partial charge is 0.222 e. The molecule has 15 heavy (non-hydrogen) atoms. The molecule has 0 atom stereocenters. The topological polar surface area (TPSA) is 37.3 Å². The molecule has 0 aliphatic carbocycles. The molecule has 0 fully saturated rings. The van der Waals surface area contributed by atoms with E-state index in [1.54, 1.807) is 13.2 Å². The first-order valence-electron chi connectivity index (χ1n) is 4.63. The van der Waals surface area contributed by atoms with Crippen LogP contribution in [0.3, 0.4) is 0 Å². The molecule has 84 valence electrons. The molecule has 2 nitrogen and oxygen atoms in total. The van der Waals surface area contributed by atoms with Gasteiger partial charge in [-0.1, -0.05) is 25.6 Å². The number of thioether (sulfide) groups is 1. The molecule has 0 aliphatic heterocycles. The van der Waals surface area contributed by atoms with E-state index in [4.69, 9.17) is 0 Å². The Labute approximate surface area is 93.5 Å². The van der Waals surface area contributed by atoms with Crippen LogP contribution in [0.15, 0.2) is 12.1 Å². The van der Waals surface area contributed by atoms with Crippen molar-refractivity contribution in [3.8, 4) is 5.75 Å². The zero-order valence-electron chi connectivity index (χ0n) is 9.30. The van der Waals surface area contributed by atoms with Crippen LogP contribution in [0.1, 0.15) is 29.8 Å². The average Bonchev–Trinajstić information content (AvgIpc) is 2.25. The second-order valence-electron chi connectivity index (χ2n) is 2.61. The number of hydrogen-bond donors (Lipinski definition) is 1. The standard InChI is InChI=1S/C9H9FO2S.C2H6/c1-5-3-6(10)4-7(8(5)11)9(12)13-2;1-2/h3-4,11H,1-2H3;1-2H3. The highest BCUT2D eigenvalue weighted by Gasteiger charge is 2.13. The first-order valence-corrected chi connectivity index (χ1v) is 5.86. The highest BCUT2D eigenvalue weighted by atomic mass is 32.2. The van der Waals surface area contributed by atoms with E-state index in [0.717, 1.165) is 17.8 Å². The van der Waals surface area contributed by atoms with E-state index in [0.29, 0.717) is 5.56 Å². The number of aryl methyl sites for hydroxylation is 1. The van der Waals surface area contributed by atoms with Gasteiger partial charge >= 0.3 is 0 Å². The lowest BCUT2D eigenvalue weighted by molar-refractivity contribution is 0.108. The number of carbonyl (C=O) groups is 1. The van der Waals surface area contributed by atoms with Gasteiger partial charge in [-0.25, -0.2) is 4.39 Å². The molecule has 1 aromatic rings. The fourth-order valence-corrected chi connectivity index (χ4v) is 1.38. The number of phenolic OH excluding ortho intramolecular Hbond substituents is 1. The molecule has 0 heterocycles. The van der Waals surface area contributed by atoms with Crippen molar-refractivity contribution in [2.24, 2.45) is 0 Å². The van der Waals surface area contributed by atoms with Gasteiger partial charge in [0.15, 0.2) is 0 Å². The zero-order valence-corrected chi connectivity index (χ0v) is 10.1. The van der Waals surface area contributed by atoms with Gasteiger partial charge in [-0.05, 0) is 30.9 Å². The SMILES string of the molecule is CC.CSC(=O)c1cc(F)cc(C)c1O. The van der Waals surface area contributed by atoms with Gasteiger partial charge in [0.2, 0.25) is 5.12 Å². The van der Waals surface area contributed by atoms with Gasteiger partial charge in [0.25, 0.3) is 0 Å². The fraction of sp³-hybridized carbons (Fsp3) is 0.364. The average molecular weight is 230 g/mol. The molecule has 0 unspecified atom stereocenters.